The van der Waals surface area contributed by atoms with Gasteiger partial charge in [-0.1, -0.05) is 34.8 Å². The van der Waals surface area contributed by atoms with Gasteiger partial charge in [0, 0.05) is 11.6 Å². The molecular weight excluding hydrogens is 299 g/mol. The number of aromatic nitrogens is 1. The summed E-state index contributed by atoms with van der Waals surface area (Å²) >= 11 is 17.7. The second-order valence-electron chi connectivity index (χ2n) is 3.46. The lowest BCUT2D eigenvalue weighted by molar-refractivity contribution is 0.396. The first kappa shape index (κ1) is 13.4. The standard InChI is InChI=1S/C12H7Cl3FNO/c1-18-11-4-7(10(16)5-17-11)6-2-8(13)12(15)9(14)3-6/h2-5H,1H3. The summed E-state index contributed by atoms with van der Waals surface area (Å²) in [6, 6.07) is 4.53. The molecule has 0 aliphatic heterocycles. The second kappa shape index (κ2) is 5.31. The van der Waals surface area contributed by atoms with Gasteiger partial charge in [0.15, 0.2) is 0 Å². The fourth-order valence-electron chi connectivity index (χ4n) is 1.46. The van der Waals surface area contributed by atoms with E-state index < -0.39 is 5.82 Å². The van der Waals surface area contributed by atoms with Crippen molar-refractivity contribution in [1.29, 1.82) is 0 Å². The number of nitrogens with zero attached hydrogens (tertiary/aromatic N) is 1. The van der Waals surface area contributed by atoms with Gasteiger partial charge in [0.05, 0.1) is 28.4 Å². The Balaban J connectivity index is 2.61. The fraction of sp³-hybridized carbons (Fsp3) is 0.0833. The van der Waals surface area contributed by atoms with E-state index in [1.807, 2.05) is 0 Å². The minimum Gasteiger partial charge on any atom is -0.481 e. The van der Waals surface area contributed by atoms with E-state index in [-0.39, 0.29) is 15.1 Å². The molecule has 0 amide bonds. The third-order valence-electron chi connectivity index (χ3n) is 2.33. The van der Waals surface area contributed by atoms with Gasteiger partial charge in [-0.3, -0.25) is 0 Å². The van der Waals surface area contributed by atoms with Crippen LogP contribution in [0, 0.1) is 5.82 Å². The predicted octanol–water partition coefficient (Wildman–Crippen LogP) is 4.86. The molecule has 2 aromatic rings. The zero-order chi connectivity index (χ0) is 13.3. The number of ether oxygens (including phenoxy) is 1. The lowest BCUT2D eigenvalue weighted by atomic mass is 10.1. The van der Waals surface area contributed by atoms with Crippen molar-refractivity contribution in [2.75, 3.05) is 7.11 Å². The van der Waals surface area contributed by atoms with Crippen molar-refractivity contribution in [3.8, 4) is 17.0 Å². The van der Waals surface area contributed by atoms with Gasteiger partial charge >= 0.3 is 0 Å². The Hall–Kier alpha value is -1.03. The minimum absolute atomic E-state index is 0.239. The number of hydrogen-bond acceptors (Lipinski definition) is 2. The van der Waals surface area contributed by atoms with E-state index in [1.165, 1.54) is 25.3 Å². The molecule has 2 rings (SSSR count). The molecule has 0 bridgehead atoms. The summed E-state index contributed by atoms with van der Waals surface area (Å²) in [7, 11) is 1.45. The summed E-state index contributed by atoms with van der Waals surface area (Å²) in [5, 5.41) is 0.757. The molecule has 0 radical (unpaired) electrons. The first-order valence-electron chi connectivity index (χ1n) is 4.87. The molecule has 0 saturated carbocycles. The summed E-state index contributed by atoms with van der Waals surface area (Å²) in [4.78, 5) is 3.76. The molecule has 2 nitrogen and oxygen atoms in total. The number of halogens is 4. The van der Waals surface area contributed by atoms with E-state index in [0.29, 0.717) is 17.0 Å². The highest BCUT2D eigenvalue weighted by Crippen LogP contribution is 2.36. The van der Waals surface area contributed by atoms with E-state index in [9.17, 15) is 4.39 Å². The molecule has 1 heterocycles. The summed E-state index contributed by atoms with van der Waals surface area (Å²) in [6.07, 6.45) is 1.07. The van der Waals surface area contributed by atoms with E-state index in [0.717, 1.165) is 6.20 Å². The highest BCUT2D eigenvalue weighted by Gasteiger charge is 2.12. The summed E-state index contributed by atoms with van der Waals surface area (Å²) in [6.45, 7) is 0. The number of hydrogen-bond donors (Lipinski definition) is 0. The van der Waals surface area contributed by atoms with Crippen LogP contribution in [-0.4, -0.2) is 12.1 Å². The van der Waals surface area contributed by atoms with Crippen LogP contribution in [0.4, 0.5) is 4.39 Å². The quantitative estimate of drug-likeness (QED) is 0.739. The maximum absolute atomic E-state index is 13.7. The first-order valence-corrected chi connectivity index (χ1v) is 6.00. The van der Waals surface area contributed by atoms with Crippen LogP contribution in [-0.2, 0) is 0 Å². The Labute approximate surface area is 118 Å². The Morgan fingerprint density at radius 2 is 1.72 bits per heavy atom. The van der Waals surface area contributed by atoms with Crippen LogP contribution >= 0.6 is 34.8 Å². The Bertz CT molecular complexity index is 581. The lowest BCUT2D eigenvalue weighted by Crippen LogP contribution is -1.92. The average molecular weight is 307 g/mol. The molecule has 6 heteroatoms. The van der Waals surface area contributed by atoms with Gasteiger partial charge in [-0.15, -0.1) is 0 Å². The number of benzene rings is 1. The highest BCUT2D eigenvalue weighted by molar-refractivity contribution is 6.48. The van der Waals surface area contributed by atoms with E-state index in [1.54, 1.807) is 0 Å². The molecule has 0 spiro atoms. The van der Waals surface area contributed by atoms with Crippen LogP contribution in [0.2, 0.25) is 15.1 Å². The minimum atomic E-state index is -0.495. The van der Waals surface area contributed by atoms with Crippen LogP contribution < -0.4 is 4.74 Å². The smallest absolute Gasteiger partial charge is 0.213 e. The molecule has 0 fully saturated rings. The van der Waals surface area contributed by atoms with E-state index in [2.05, 4.69) is 4.98 Å². The van der Waals surface area contributed by atoms with Gasteiger partial charge in [0.25, 0.3) is 0 Å². The molecule has 94 valence electrons. The molecule has 18 heavy (non-hydrogen) atoms. The van der Waals surface area contributed by atoms with Gasteiger partial charge in [-0.05, 0) is 17.7 Å². The largest absolute Gasteiger partial charge is 0.481 e. The van der Waals surface area contributed by atoms with Crippen molar-refractivity contribution >= 4 is 34.8 Å². The average Bonchev–Trinajstić information content (AvgIpc) is 2.36. The van der Waals surface area contributed by atoms with Crippen LogP contribution in [0.1, 0.15) is 0 Å². The molecule has 0 aliphatic carbocycles. The molecular formula is C12H7Cl3FNO. The zero-order valence-corrected chi connectivity index (χ0v) is 11.4. The number of rotatable bonds is 2. The third kappa shape index (κ3) is 2.53. The third-order valence-corrected chi connectivity index (χ3v) is 3.53. The van der Waals surface area contributed by atoms with Gasteiger partial charge in [0.2, 0.25) is 5.88 Å². The molecule has 0 unspecified atom stereocenters. The Morgan fingerprint density at radius 3 is 2.28 bits per heavy atom. The molecule has 0 saturated heterocycles. The van der Waals surface area contributed by atoms with Crippen molar-refractivity contribution < 1.29 is 9.13 Å². The fourth-order valence-corrected chi connectivity index (χ4v) is 2.06. The molecule has 0 aliphatic rings. The molecule has 1 aromatic carbocycles. The van der Waals surface area contributed by atoms with E-state index in [4.69, 9.17) is 39.5 Å². The lowest BCUT2D eigenvalue weighted by Gasteiger charge is -2.08. The SMILES string of the molecule is COc1cc(-c2cc(Cl)c(Cl)c(Cl)c2)c(F)cn1. The van der Waals surface area contributed by atoms with Crippen molar-refractivity contribution in [2.45, 2.75) is 0 Å². The summed E-state index contributed by atoms with van der Waals surface area (Å²) < 4.78 is 18.7. The van der Waals surface area contributed by atoms with Gasteiger partial charge in [-0.25, -0.2) is 9.37 Å². The Morgan fingerprint density at radius 1 is 1.11 bits per heavy atom. The van der Waals surface area contributed by atoms with Crippen molar-refractivity contribution in [1.82, 2.24) is 4.98 Å². The summed E-state index contributed by atoms with van der Waals surface area (Å²) in [5.41, 5.74) is 0.801. The molecule has 1 aromatic heterocycles. The number of pyridine rings is 1. The van der Waals surface area contributed by atoms with Crippen LogP contribution in [0.5, 0.6) is 5.88 Å². The monoisotopic (exact) mass is 305 g/mol. The van der Waals surface area contributed by atoms with E-state index >= 15 is 0 Å². The van der Waals surface area contributed by atoms with Crippen molar-refractivity contribution in [3.05, 3.63) is 45.3 Å². The van der Waals surface area contributed by atoms with Crippen molar-refractivity contribution in [3.63, 3.8) is 0 Å². The number of methoxy groups -OCH3 is 1. The van der Waals surface area contributed by atoms with Crippen LogP contribution in [0.15, 0.2) is 24.4 Å². The maximum Gasteiger partial charge on any atom is 0.213 e. The zero-order valence-electron chi connectivity index (χ0n) is 9.18. The first-order chi connectivity index (χ1) is 8.52. The van der Waals surface area contributed by atoms with Gasteiger partial charge in [0.1, 0.15) is 5.82 Å². The highest BCUT2D eigenvalue weighted by atomic mass is 35.5. The van der Waals surface area contributed by atoms with Gasteiger partial charge < -0.3 is 4.74 Å². The predicted molar refractivity (Wildman–Crippen MR) is 71.2 cm³/mol. The van der Waals surface area contributed by atoms with Crippen molar-refractivity contribution in [2.24, 2.45) is 0 Å². The Kier molecular flexibility index (Phi) is 3.95. The molecule has 0 atom stereocenters. The van der Waals surface area contributed by atoms with Gasteiger partial charge in [-0.2, -0.15) is 0 Å². The van der Waals surface area contributed by atoms with Crippen LogP contribution in [0.3, 0.4) is 0 Å². The summed E-state index contributed by atoms with van der Waals surface area (Å²) in [5.74, 6) is -0.196. The maximum atomic E-state index is 13.7. The topological polar surface area (TPSA) is 22.1 Å². The normalized spacial score (nSPS) is 10.5. The molecule has 0 N–H and O–H groups in total. The van der Waals surface area contributed by atoms with Crippen LogP contribution in [0.25, 0.3) is 11.1 Å². The second-order valence-corrected chi connectivity index (χ2v) is 4.65.